The summed E-state index contributed by atoms with van der Waals surface area (Å²) in [4.78, 5) is 34.3. The number of rotatable bonds is 10. The number of halogens is 1. The summed E-state index contributed by atoms with van der Waals surface area (Å²) in [7, 11) is 0. The molecule has 9 heteroatoms. The van der Waals surface area contributed by atoms with Crippen molar-refractivity contribution in [3.63, 3.8) is 0 Å². The van der Waals surface area contributed by atoms with Crippen LogP contribution < -0.4 is 20.4 Å². The van der Waals surface area contributed by atoms with Crippen molar-refractivity contribution in [2.75, 3.05) is 36.0 Å². The third kappa shape index (κ3) is 6.93. The Morgan fingerprint density at radius 2 is 1.39 bits per heavy atom. The average Bonchev–Trinajstić information content (AvgIpc) is 3.37. The second-order valence-electron chi connectivity index (χ2n) is 10.6. The lowest BCUT2D eigenvalue weighted by Crippen LogP contribution is -2.46. The van der Waals surface area contributed by atoms with E-state index >= 15 is 0 Å². The summed E-state index contributed by atoms with van der Waals surface area (Å²) < 4.78 is 1.98. The van der Waals surface area contributed by atoms with Crippen molar-refractivity contribution in [1.29, 1.82) is 0 Å². The average molecular weight is 575 g/mol. The number of aromatic nitrogens is 2. The van der Waals surface area contributed by atoms with Gasteiger partial charge in [0.25, 0.3) is 5.91 Å². The van der Waals surface area contributed by atoms with E-state index in [0.29, 0.717) is 38.2 Å². The third-order valence-corrected chi connectivity index (χ3v) is 8.08. The third-order valence-electron chi connectivity index (χ3n) is 7.78. The first kappa shape index (κ1) is 28.7. The molecular formula is C32H39ClN6O2. The molecule has 1 fully saturated rings. The Labute approximate surface area is 247 Å². The van der Waals surface area contributed by atoms with Gasteiger partial charge in [0, 0.05) is 75.1 Å². The van der Waals surface area contributed by atoms with Gasteiger partial charge in [-0.15, -0.1) is 0 Å². The molecule has 0 saturated carbocycles. The predicted molar refractivity (Wildman–Crippen MR) is 165 cm³/mol. The van der Waals surface area contributed by atoms with E-state index in [1.54, 1.807) is 0 Å². The van der Waals surface area contributed by atoms with Gasteiger partial charge in [0.1, 0.15) is 11.5 Å². The summed E-state index contributed by atoms with van der Waals surface area (Å²) in [6.07, 6.45) is 4.70. The highest BCUT2D eigenvalue weighted by Gasteiger charge is 2.23. The van der Waals surface area contributed by atoms with Crippen LogP contribution in [0.1, 0.15) is 66.2 Å². The highest BCUT2D eigenvalue weighted by atomic mass is 35.5. The van der Waals surface area contributed by atoms with E-state index < -0.39 is 0 Å². The molecule has 5 rings (SSSR count). The molecule has 216 valence electrons. The van der Waals surface area contributed by atoms with Crippen LogP contribution in [-0.4, -0.2) is 47.5 Å². The molecule has 2 aromatic carbocycles. The Kier molecular flexibility index (Phi) is 9.29. The van der Waals surface area contributed by atoms with Crippen molar-refractivity contribution >= 4 is 40.9 Å². The molecule has 3 heterocycles. The number of aryl methyl sites for hydroxylation is 1. The Morgan fingerprint density at radius 1 is 0.829 bits per heavy atom. The van der Waals surface area contributed by atoms with Gasteiger partial charge in [0.15, 0.2) is 0 Å². The van der Waals surface area contributed by atoms with Crippen LogP contribution in [0.2, 0.25) is 0 Å². The largest absolute Gasteiger partial charge is 0.368 e. The molecule has 1 saturated heterocycles. The van der Waals surface area contributed by atoms with E-state index in [1.165, 1.54) is 11.4 Å². The fourth-order valence-corrected chi connectivity index (χ4v) is 5.63. The van der Waals surface area contributed by atoms with Gasteiger partial charge in [-0.25, -0.2) is 4.98 Å². The fourth-order valence-electron chi connectivity index (χ4n) is 5.44. The summed E-state index contributed by atoms with van der Waals surface area (Å²) in [6, 6.07) is 17.0. The summed E-state index contributed by atoms with van der Waals surface area (Å²) in [5.74, 6) is 0.770. The minimum absolute atomic E-state index is 0.0958. The zero-order chi connectivity index (χ0) is 28.8. The fraction of sp³-hybridized carbons (Fsp3) is 0.406. The van der Waals surface area contributed by atoms with Crippen molar-refractivity contribution < 1.29 is 9.59 Å². The van der Waals surface area contributed by atoms with Crippen molar-refractivity contribution in [1.82, 2.24) is 20.2 Å². The van der Waals surface area contributed by atoms with E-state index in [0.717, 1.165) is 66.7 Å². The molecular weight excluding hydrogens is 536 g/mol. The highest BCUT2D eigenvalue weighted by molar-refractivity contribution is 6.31. The zero-order valence-electron chi connectivity index (χ0n) is 24.0. The number of allylic oxidation sites excluding steroid dienone is 1. The molecule has 0 bridgehead atoms. The first-order valence-electron chi connectivity index (χ1n) is 14.6. The maximum Gasteiger partial charge on any atom is 0.270 e. The lowest BCUT2D eigenvalue weighted by Gasteiger charge is -2.37. The lowest BCUT2D eigenvalue weighted by molar-refractivity contribution is -0.121. The van der Waals surface area contributed by atoms with Crippen LogP contribution in [0.4, 0.5) is 11.4 Å². The number of fused-ring (bicyclic) bond motifs is 1. The Balaban J connectivity index is 1.11. The number of benzene rings is 2. The van der Waals surface area contributed by atoms with Crippen molar-refractivity contribution in [3.8, 4) is 0 Å². The van der Waals surface area contributed by atoms with Crippen LogP contribution in [0.5, 0.6) is 0 Å². The maximum absolute atomic E-state index is 13.1. The molecule has 0 aliphatic carbocycles. The number of anilines is 2. The first-order chi connectivity index (χ1) is 19.9. The van der Waals surface area contributed by atoms with Crippen LogP contribution in [0.15, 0.2) is 53.6 Å². The molecule has 41 heavy (non-hydrogen) atoms. The standard InChI is InChI=1S/C32H39ClN6O2/c1-3-5-30(40)34-21-23-6-10-26(11-7-23)37-16-18-38(19-17-37)27-12-8-24(9-13-27)22-35-32(41)31-28(4-2)36-29-20-25(33)14-15-39(29)31/h6-13,20H,3-5,14-19,21-22H2,1-2H3,(H,34,40)(H,35,41). The number of carbonyl (C=O) groups is 2. The number of hydrogen-bond acceptors (Lipinski definition) is 5. The van der Waals surface area contributed by atoms with Crippen LogP contribution in [0.25, 0.3) is 6.08 Å². The van der Waals surface area contributed by atoms with Gasteiger partial charge in [-0.05, 0) is 54.3 Å². The Hall–Kier alpha value is -3.78. The van der Waals surface area contributed by atoms with E-state index in [2.05, 4.69) is 73.9 Å². The van der Waals surface area contributed by atoms with Gasteiger partial charge < -0.3 is 25.0 Å². The molecule has 0 unspecified atom stereocenters. The molecule has 2 aliphatic rings. The molecule has 2 N–H and O–H groups in total. The van der Waals surface area contributed by atoms with E-state index in [1.807, 2.05) is 24.5 Å². The Bertz CT molecular complexity index is 1390. The minimum atomic E-state index is -0.0958. The quantitative estimate of drug-likeness (QED) is 0.352. The number of amides is 2. The number of nitrogens with zero attached hydrogens (tertiary/aromatic N) is 4. The Morgan fingerprint density at radius 3 is 1.93 bits per heavy atom. The number of imidazole rings is 1. The van der Waals surface area contributed by atoms with Crippen molar-refractivity contribution in [2.24, 2.45) is 0 Å². The van der Waals surface area contributed by atoms with Gasteiger partial charge in [0.05, 0.1) is 5.69 Å². The molecule has 8 nitrogen and oxygen atoms in total. The summed E-state index contributed by atoms with van der Waals surface area (Å²) in [6.45, 7) is 9.51. The van der Waals surface area contributed by atoms with Crippen molar-refractivity contribution in [2.45, 2.75) is 59.2 Å². The van der Waals surface area contributed by atoms with E-state index in [4.69, 9.17) is 11.6 Å². The topological polar surface area (TPSA) is 82.5 Å². The maximum atomic E-state index is 13.1. The van der Waals surface area contributed by atoms with Crippen LogP contribution >= 0.6 is 11.6 Å². The van der Waals surface area contributed by atoms with Gasteiger partial charge in [-0.1, -0.05) is 49.7 Å². The van der Waals surface area contributed by atoms with Crippen LogP contribution in [-0.2, 0) is 30.8 Å². The summed E-state index contributed by atoms with van der Waals surface area (Å²) in [5, 5.41) is 6.84. The van der Waals surface area contributed by atoms with Crippen LogP contribution in [0, 0.1) is 0 Å². The number of carbonyl (C=O) groups excluding carboxylic acids is 2. The van der Waals surface area contributed by atoms with Gasteiger partial charge in [-0.3, -0.25) is 9.59 Å². The first-order valence-corrected chi connectivity index (χ1v) is 15.0. The highest BCUT2D eigenvalue weighted by Crippen LogP contribution is 2.25. The summed E-state index contributed by atoms with van der Waals surface area (Å²) >= 11 is 6.20. The van der Waals surface area contributed by atoms with Crippen molar-refractivity contribution in [3.05, 3.63) is 81.9 Å². The van der Waals surface area contributed by atoms with Gasteiger partial charge in [0.2, 0.25) is 5.91 Å². The molecule has 0 spiro atoms. The second kappa shape index (κ2) is 13.3. The second-order valence-corrected chi connectivity index (χ2v) is 11.1. The van der Waals surface area contributed by atoms with E-state index in [9.17, 15) is 9.59 Å². The molecule has 1 aromatic heterocycles. The number of nitrogens with one attached hydrogen (secondary N) is 2. The van der Waals surface area contributed by atoms with Gasteiger partial charge in [-0.2, -0.15) is 0 Å². The van der Waals surface area contributed by atoms with Crippen LogP contribution in [0.3, 0.4) is 0 Å². The zero-order valence-corrected chi connectivity index (χ0v) is 24.7. The minimum Gasteiger partial charge on any atom is -0.368 e. The normalized spacial score (nSPS) is 14.9. The SMILES string of the molecule is CCCC(=O)NCc1ccc(N2CCN(c3ccc(CNC(=O)c4c(CC)nc5n4CCC(Cl)=C5)cc3)CC2)cc1. The molecule has 3 aromatic rings. The molecule has 2 aliphatic heterocycles. The van der Waals surface area contributed by atoms with Gasteiger partial charge >= 0.3 is 0 Å². The molecule has 0 radical (unpaired) electrons. The number of piperazine rings is 1. The molecule has 0 atom stereocenters. The predicted octanol–water partition coefficient (Wildman–Crippen LogP) is 5.10. The molecule has 2 amide bonds. The van der Waals surface area contributed by atoms with E-state index in [-0.39, 0.29) is 11.8 Å². The smallest absolute Gasteiger partial charge is 0.270 e. The lowest BCUT2D eigenvalue weighted by atomic mass is 10.1. The summed E-state index contributed by atoms with van der Waals surface area (Å²) in [5.41, 5.74) is 6.03. The number of hydrogen-bond donors (Lipinski definition) is 2. The monoisotopic (exact) mass is 574 g/mol.